The molecule has 2 aromatic carbocycles. The lowest BCUT2D eigenvalue weighted by molar-refractivity contribution is -0.136. The summed E-state index contributed by atoms with van der Waals surface area (Å²) in [6.07, 6.45) is -0.285. The first-order valence-corrected chi connectivity index (χ1v) is 8.08. The van der Waals surface area contributed by atoms with Gasteiger partial charge in [0.05, 0.1) is 12.6 Å². The Hall–Kier alpha value is -1.94. The van der Waals surface area contributed by atoms with E-state index in [-0.39, 0.29) is 12.6 Å². The van der Waals surface area contributed by atoms with Crippen molar-refractivity contribution in [1.29, 1.82) is 0 Å². The Bertz CT molecular complexity index is 670. The van der Waals surface area contributed by atoms with Crippen LogP contribution in [-0.2, 0) is 21.9 Å². The average Bonchev–Trinajstić information content (AvgIpc) is 2.38. The van der Waals surface area contributed by atoms with Crippen LogP contribution in [0.1, 0.15) is 11.1 Å². The molecule has 0 bridgehead atoms. The first-order valence-electron chi connectivity index (χ1n) is 6.28. The molecule has 0 fully saturated rings. The molecule has 5 nitrogen and oxygen atoms in total. The van der Waals surface area contributed by atoms with E-state index in [0.717, 1.165) is 16.7 Å². The average molecular weight is 306 g/mol. The number of benzene rings is 2. The van der Waals surface area contributed by atoms with Crippen molar-refractivity contribution in [3.8, 4) is 11.1 Å². The molecule has 2 aromatic rings. The van der Waals surface area contributed by atoms with Crippen molar-refractivity contribution in [2.45, 2.75) is 12.6 Å². The van der Waals surface area contributed by atoms with Gasteiger partial charge in [-0.05, 0) is 22.3 Å². The molecule has 3 N–H and O–H groups in total. The zero-order valence-electron chi connectivity index (χ0n) is 11.1. The third kappa shape index (κ3) is 4.83. The van der Waals surface area contributed by atoms with E-state index >= 15 is 0 Å². The van der Waals surface area contributed by atoms with Gasteiger partial charge in [0.25, 0.3) is 0 Å². The number of hydrogen-bond acceptors (Lipinski definition) is 2. The number of rotatable bonds is 5. The van der Waals surface area contributed by atoms with Crippen LogP contribution in [0.15, 0.2) is 48.5 Å². The summed E-state index contributed by atoms with van der Waals surface area (Å²) in [7, 11) is -4.05. The molecule has 0 spiro atoms. The minimum Gasteiger partial charge on any atom is -0.481 e. The fourth-order valence-electron chi connectivity index (χ4n) is 2.03. The highest BCUT2D eigenvalue weighted by atomic mass is 31.2. The highest BCUT2D eigenvalue weighted by Gasteiger charge is 2.13. The molecule has 0 saturated carbocycles. The number of carbonyl (C=O) groups is 1. The molecule has 0 amide bonds. The van der Waals surface area contributed by atoms with Crippen LogP contribution in [-0.4, -0.2) is 20.9 Å². The Morgan fingerprint density at radius 2 is 1.29 bits per heavy atom. The summed E-state index contributed by atoms with van der Waals surface area (Å²) < 4.78 is 10.9. The molecule has 110 valence electrons. The van der Waals surface area contributed by atoms with Crippen LogP contribution in [0.2, 0.25) is 0 Å². The van der Waals surface area contributed by atoms with Crippen LogP contribution in [0.25, 0.3) is 11.1 Å². The van der Waals surface area contributed by atoms with E-state index < -0.39 is 13.6 Å². The molecule has 0 unspecified atom stereocenters. The van der Waals surface area contributed by atoms with Gasteiger partial charge < -0.3 is 14.9 Å². The Kier molecular flexibility index (Phi) is 4.58. The van der Waals surface area contributed by atoms with Gasteiger partial charge in [-0.15, -0.1) is 0 Å². The first-order chi connectivity index (χ1) is 9.83. The smallest absolute Gasteiger partial charge is 0.329 e. The molecule has 0 heterocycles. The molecule has 0 saturated heterocycles. The minimum atomic E-state index is -4.05. The summed E-state index contributed by atoms with van der Waals surface area (Å²) >= 11 is 0. The topological polar surface area (TPSA) is 94.8 Å². The van der Waals surface area contributed by atoms with Crippen molar-refractivity contribution in [2.24, 2.45) is 0 Å². The fraction of sp³-hybridized carbons (Fsp3) is 0.133. The normalized spacial score (nSPS) is 11.3. The molecular weight excluding hydrogens is 291 g/mol. The number of hydrogen-bond donors (Lipinski definition) is 3. The van der Waals surface area contributed by atoms with E-state index in [1.54, 1.807) is 36.4 Å². The number of carboxylic acids is 1. The van der Waals surface area contributed by atoms with Crippen LogP contribution in [0.4, 0.5) is 0 Å². The van der Waals surface area contributed by atoms with Gasteiger partial charge in [0, 0.05) is 0 Å². The lowest BCUT2D eigenvalue weighted by Crippen LogP contribution is -1.99. The van der Waals surface area contributed by atoms with Crippen molar-refractivity contribution >= 4 is 13.6 Å². The van der Waals surface area contributed by atoms with Gasteiger partial charge in [-0.1, -0.05) is 48.5 Å². The van der Waals surface area contributed by atoms with Crippen LogP contribution >= 0.6 is 7.60 Å². The maximum atomic E-state index is 10.9. The zero-order chi connectivity index (χ0) is 15.5. The van der Waals surface area contributed by atoms with E-state index in [9.17, 15) is 9.36 Å². The summed E-state index contributed by atoms with van der Waals surface area (Å²) in [5, 5.41) is 8.71. The Labute approximate surface area is 122 Å². The van der Waals surface area contributed by atoms with Gasteiger partial charge >= 0.3 is 13.6 Å². The summed E-state index contributed by atoms with van der Waals surface area (Å²) in [5.41, 5.74) is 3.14. The Morgan fingerprint density at radius 1 is 0.857 bits per heavy atom. The molecular formula is C15H15O5P. The van der Waals surface area contributed by atoms with Gasteiger partial charge in [-0.3, -0.25) is 9.36 Å². The monoisotopic (exact) mass is 306 g/mol. The summed E-state index contributed by atoms with van der Waals surface area (Å²) in [6, 6.07) is 14.1. The molecule has 0 aliphatic carbocycles. The van der Waals surface area contributed by atoms with Crippen molar-refractivity contribution in [3.05, 3.63) is 59.7 Å². The van der Waals surface area contributed by atoms with E-state index in [4.69, 9.17) is 14.9 Å². The predicted octanol–water partition coefficient (Wildman–Crippen LogP) is 2.66. The molecule has 21 heavy (non-hydrogen) atoms. The quantitative estimate of drug-likeness (QED) is 0.738. The number of carboxylic acid groups (broad SMARTS) is 1. The SMILES string of the molecule is O=C(O)Cc1ccc(-c2ccc(CP(=O)(O)O)cc2)cc1. The summed E-state index contributed by atoms with van der Waals surface area (Å²) in [5.74, 6) is -0.871. The molecule has 0 atom stereocenters. The van der Waals surface area contributed by atoms with E-state index in [1.165, 1.54) is 0 Å². The molecule has 0 aromatic heterocycles. The maximum absolute atomic E-state index is 10.9. The third-order valence-electron chi connectivity index (χ3n) is 2.99. The second-order valence-corrected chi connectivity index (χ2v) is 6.43. The third-order valence-corrected chi connectivity index (χ3v) is 3.76. The number of aliphatic carboxylic acids is 1. The largest absolute Gasteiger partial charge is 0.481 e. The Balaban J connectivity index is 2.15. The minimum absolute atomic E-state index is 0.0124. The zero-order valence-corrected chi connectivity index (χ0v) is 12.0. The van der Waals surface area contributed by atoms with Gasteiger partial charge in [-0.2, -0.15) is 0 Å². The van der Waals surface area contributed by atoms with Gasteiger partial charge in [-0.25, -0.2) is 0 Å². The van der Waals surface area contributed by atoms with Crippen molar-refractivity contribution in [1.82, 2.24) is 0 Å². The van der Waals surface area contributed by atoms with E-state index in [0.29, 0.717) is 5.56 Å². The van der Waals surface area contributed by atoms with Crippen LogP contribution in [0, 0.1) is 0 Å². The van der Waals surface area contributed by atoms with Crippen molar-refractivity contribution in [2.75, 3.05) is 0 Å². The van der Waals surface area contributed by atoms with Crippen LogP contribution in [0.3, 0.4) is 0 Å². The highest BCUT2D eigenvalue weighted by Crippen LogP contribution is 2.39. The lowest BCUT2D eigenvalue weighted by atomic mass is 10.0. The second kappa shape index (κ2) is 6.22. The molecule has 0 aliphatic rings. The van der Waals surface area contributed by atoms with Gasteiger partial charge in [0.1, 0.15) is 0 Å². The van der Waals surface area contributed by atoms with Gasteiger partial charge in [0.15, 0.2) is 0 Å². The summed E-state index contributed by atoms with van der Waals surface area (Å²) in [6.45, 7) is 0. The second-order valence-electron chi connectivity index (χ2n) is 4.79. The van der Waals surface area contributed by atoms with E-state index in [2.05, 4.69) is 0 Å². The Morgan fingerprint density at radius 3 is 1.67 bits per heavy atom. The predicted molar refractivity (Wildman–Crippen MR) is 79.0 cm³/mol. The van der Waals surface area contributed by atoms with Crippen LogP contribution < -0.4 is 0 Å². The van der Waals surface area contributed by atoms with Gasteiger partial charge in [0.2, 0.25) is 0 Å². The molecule has 6 heteroatoms. The maximum Gasteiger partial charge on any atom is 0.329 e. The molecule has 2 rings (SSSR count). The fourth-order valence-corrected chi connectivity index (χ4v) is 2.72. The molecule has 0 radical (unpaired) electrons. The lowest BCUT2D eigenvalue weighted by Gasteiger charge is -2.06. The molecule has 0 aliphatic heterocycles. The van der Waals surface area contributed by atoms with Crippen LogP contribution in [0.5, 0.6) is 0 Å². The van der Waals surface area contributed by atoms with Crippen molar-refractivity contribution in [3.63, 3.8) is 0 Å². The van der Waals surface area contributed by atoms with E-state index in [1.807, 2.05) is 12.1 Å². The van der Waals surface area contributed by atoms with Crippen molar-refractivity contribution < 1.29 is 24.3 Å². The standard InChI is InChI=1S/C15H15O5P/c16-15(17)9-11-1-5-13(6-2-11)14-7-3-12(4-8-14)10-21(18,19)20/h1-8H,9-10H2,(H,16,17)(H2,18,19,20). The summed E-state index contributed by atoms with van der Waals surface area (Å²) in [4.78, 5) is 28.5. The first kappa shape index (κ1) is 15.4. The highest BCUT2D eigenvalue weighted by molar-refractivity contribution is 7.50.